The van der Waals surface area contributed by atoms with Crippen LogP contribution >= 0.6 is 0 Å². The zero-order valence-corrected chi connectivity index (χ0v) is 12.3. The topological polar surface area (TPSA) is 35.5 Å². The first-order valence-corrected chi connectivity index (χ1v) is 6.80. The van der Waals surface area contributed by atoms with Crippen LogP contribution < -0.4 is 4.74 Å². The molecule has 1 fully saturated rings. The van der Waals surface area contributed by atoms with Crippen molar-refractivity contribution in [1.82, 2.24) is 0 Å². The molecule has 1 aliphatic heterocycles. The fourth-order valence-corrected chi connectivity index (χ4v) is 2.94. The van der Waals surface area contributed by atoms with Crippen LogP contribution in [0.5, 0.6) is 5.75 Å². The largest absolute Gasteiger partial charge is 0.497 e. The Balaban J connectivity index is 2.29. The standard InChI is InChI=1S/C16H22O3/c1-9-8-13(18-5)6-7-14(9)16(17)15-10(2)11(3)19-12(15)4/h6-8,10-12,15H,1-5H3. The fourth-order valence-electron chi connectivity index (χ4n) is 2.94. The molecule has 3 nitrogen and oxygen atoms in total. The normalized spacial score (nSPS) is 30.4. The van der Waals surface area contributed by atoms with Gasteiger partial charge in [0.15, 0.2) is 5.78 Å². The minimum Gasteiger partial charge on any atom is -0.497 e. The van der Waals surface area contributed by atoms with E-state index in [0.29, 0.717) is 0 Å². The maximum Gasteiger partial charge on any atom is 0.169 e. The van der Waals surface area contributed by atoms with E-state index in [1.165, 1.54) is 0 Å². The van der Waals surface area contributed by atoms with Gasteiger partial charge >= 0.3 is 0 Å². The average Bonchev–Trinajstić information content (AvgIpc) is 2.62. The number of Topliss-reactive ketones (excluding diaryl/α,β-unsaturated/α-hetero) is 1. The van der Waals surface area contributed by atoms with E-state index in [0.717, 1.165) is 16.9 Å². The van der Waals surface area contributed by atoms with E-state index in [9.17, 15) is 4.79 Å². The van der Waals surface area contributed by atoms with Crippen LogP contribution in [0.15, 0.2) is 18.2 Å². The molecule has 0 spiro atoms. The molecule has 4 atom stereocenters. The Bertz CT molecular complexity index is 481. The molecule has 2 rings (SSSR count). The number of carbonyl (C=O) groups excluding carboxylic acids is 1. The Morgan fingerprint density at radius 2 is 1.89 bits per heavy atom. The van der Waals surface area contributed by atoms with Gasteiger partial charge in [-0.15, -0.1) is 0 Å². The second kappa shape index (κ2) is 5.33. The van der Waals surface area contributed by atoms with Crippen LogP contribution in [0.3, 0.4) is 0 Å². The van der Waals surface area contributed by atoms with Gasteiger partial charge in [-0.25, -0.2) is 0 Å². The molecular weight excluding hydrogens is 240 g/mol. The lowest BCUT2D eigenvalue weighted by atomic mass is 9.82. The second-order valence-electron chi connectivity index (χ2n) is 5.48. The van der Waals surface area contributed by atoms with E-state index in [1.807, 2.05) is 39.0 Å². The van der Waals surface area contributed by atoms with E-state index < -0.39 is 0 Å². The van der Waals surface area contributed by atoms with Crippen LogP contribution in [0, 0.1) is 18.8 Å². The van der Waals surface area contributed by atoms with Crippen molar-refractivity contribution in [2.24, 2.45) is 11.8 Å². The third-order valence-electron chi connectivity index (χ3n) is 4.24. The summed E-state index contributed by atoms with van der Waals surface area (Å²) in [6.07, 6.45) is 0.126. The van der Waals surface area contributed by atoms with Crippen molar-refractivity contribution in [2.45, 2.75) is 39.9 Å². The van der Waals surface area contributed by atoms with E-state index in [-0.39, 0.29) is 29.8 Å². The monoisotopic (exact) mass is 262 g/mol. The molecule has 19 heavy (non-hydrogen) atoms. The highest BCUT2D eigenvalue weighted by molar-refractivity contribution is 6.00. The highest BCUT2D eigenvalue weighted by Gasteiger charge is 2.41. The van der Waals surface area contributed by atoms with E-state index in [1.54, 1.807) is 7.11 Å². The van der Waals surface area contributed by atoms with Crippen molar-refractivity contribution in [1.29, 1.82) is 0 Å². The van der Waals surface area contributed by atoms with Crippen LogP contribution in [0.4, 0.5) is 0 Å². The molecule has 1 aromatic carbocycles. The number of carbonyl (C=O) groups is 1. The summed E-state index contributed by atoms with van der Waals surface area (Å²) in [6.45, 7) is 8.07. The van der Waals surface area contributed by atoms with Gasteiger partial charge in [-0.2, -0.15) is 0 Å². The third-order valence-corrected chi connectivity index (χ3v) is 4.24. The summed E-state index contributed by atoms with van der Waals surface area (Å²) < 4.78 is 10.9. The first kappa shape index (κ1) is 14.1. The van der Waals surface area contributed by atoms with Gasteiger partial charge in [0, 0.05) is 5.56 Å². The smallest absolute Gasteiger partial charge is 0.169 e. The Morgan fingerprint density at radius 3 is 2.37 bits per heavy atom. The Hall–Kier alpha value is -1.35. The second-order valence-corrected chi connectivity index (χ2v) is 5.48. The summed E-state index contributed by atoms with van der Waals surface area (Å²) in [5.74, 6) is 1.17. The van der Waals surface area contributed by atoms with Gasteiger partial charge in [-0.1, -0.05) is 6.92 Å². The Labute approximate surface area is 114 Å². The summed E-state index contributed by atoms with van der Waals surface area (Å²) in [6, 6.07) is 5.61. The van der Waals surface area contributed by atoms with Gasteiger partial charge in [0.25, 0.3) is 0 Å². The summed E-state index contributed by atoms with van der Waals surface area (Å²) in [5.41, 5.74) is 1.74. The molecule has 0 aliphatic carbocycles. The molecule has 1 saturated heterocycles. The SMILES string of the molecule is COc1ccc(C(=O)C2C(C)OC(C)C2C)c(C)c1. The first-order valence-electron chi connectivity index (χ1n) is 6.80. The van der Waals surface area contributed by atoms with Crippen molar-refractivity contribution in [3.8, 4) is 5.75 Å². The van der Waals surface area contributed by atoms with Crippen LogP contribution in [-0.4, -0.2) is 25.1 Å². The van der Waals surface area contributed by atoms with Crippen molar-refractivity contribution in [3.63, 3.8) is 0 Å². The molecule has 1 heterocycles. The first-order chi connectivity index (χ1) is 8.95. The lowest BCUT2D eigenvalue weighted by molar-refractivity contribution is 0.0491. The molecule has 104 valence electrons. The predicted molar refractivity (Wildman–Crippen MR) is 74.7 cm³/mol. The molecular formula is C16H22O3. The number of aryl methyl sites for hydroxylation is 1. The number of methoxy groups -OCH3 is 1. The minimum atomic E-state index is -0.0536. The van der Waals surface area contributed by atoms with E-state index in [2.05, 4.69) is 6.92 Å². The van der Waals surface area contributed by atoms with Crippen LogP contribution in [0.1, 0.15) is 36.7 Å². The molecule has 0 bridgehead atoms. The summed E-state index contributed by atoms with van der Waals surface area (Å²) in [7, 11) is 1.63. The number of hydrogen-bond donors (Lipinski definition) is 0. The summed E-state index contributed by atoms with van der Waals surface area (Å²) in [4.78, 5) is 12.7. The van der Waals surface area contributed by atoms with Gasteiger partial charge in [0.1, 0.15) is 5.75 Å². The van der Waals surface area contributed by atoms with E-state index >= 15 is 0 Å². The fraction of sp³-hybridized carbons (Fsp3) is 0.562. The van der Waals surface area contributed by atoms with Crippen molar-refractivity contribution in [3.05, 3.63) is 29.3 Å². The van der Waals surface area contributed by atoms with Crippen molar-refractivity contribution >= 4 is 5.78 Å². The van der Waals surface area contributed by atoms with Gasteiger partial charge < -0.3 is 9.47 Å². The van der Waals surface area contributed by atoms with Crippen molar-refractivity contribution < 1.29 is 14.3 Å². The van der Waals surface area contributed by atoms with Crippen LogP contribution in [0.2, 0.25) is 0 Å². The molecule has 0 radical (unpaired) electrons. The van der Waals surface area contributed by atoms with Gasteiger partial charge in [0.05, 0.1) is 25.2 Å². The molecule has 3 heteroatoms. The van der Waals surface area contributed by atoms with E-state index in [4.69, 9.17) is 9.47 Å². The Kier molecular flexibility index (Phi) is 3.95. The molecule has 0 saturated carbocycles. The van der Waals surface area contributed by atoms with Crippen LogP contribution in [-0.2, 0) is 4.74 Å². The molecule has 0 aromatic heterocycles. The third kappa shape index (κ3) is 2.52. The zero-order valence-electron chi connectivity index (χ0n) is 12.3. The van der Waals surface area contributed by atoms with Gasteiger partial charge in [-0.3, -0.25) is 4.79 Å². The predicted octanol–water partition coefficient (Wildman–Crippen LogP) is 3.25. The number of rotatable bonds is 3. The lowest BCUT2D eigenvalue weighted by Crippen LogP contribution is -2.27. The maximum atomic E-state index is 12.7. The number of ether oxygens (including phenoxy) is 2. The molecule has 0 N–H and O–H groups in total. The Morgan fingerprint density at radius 1 is 1.21 bits per heavy atom. The quantitative estimate of drug-likeness (QED) is 0.784. The summed E-state index contributed by atoms with van der Waals surface area (Å²) in [5, 5.41) is 0. The van der Waals surface area contributed by atoms with Crippen molar-refractivity contribution in [2.75, 3.05) is 7.11 Å². The highest BCUT2D eigenvalue weighted by atomic mass is 16.5. The molecule has 0 amide bonds. The van der Waals surface area contributed by atoms with Gasteiger partial charge in [0.2, 0.25) is 0 Å². The lowest BCUT2D eigenvalue weighted by Gasteiger charge is -2.18. The number of ketones is 1. The maximum absolute atomic E-state index is 12.7. The molecule has 1 aromatic rings. The van der Waals surface area contributed by atoms with Gasteiger partial charge in [-0.05, 0) is 50.5 Å². The zero-order chi connectivity index (χ0) is 14.2. The van der Waals surface area contributed by atoms with Crippen LogP contribution in [0.25, 0.3) is 0 Å². The molecule has 1 aliphatic rings. The number of benzene rings is 1. The minimum absolute atomic E-state index is 0.0148. The average molecular weight is 262 g/mol. The summed E-state index contributed by atoms with van der Waals surface area (Å²) >= 11 is 0. The number of hydrogen-bond acceptors (Lipinski definition) is 3. The molecule has 4 unspecified atom stereocenters. The highest BCUT2D eigenvalue weighted by Crippen LogP contribution is 2.35.